The SMILES string of the molecule is CO[C@H]1CN(Cc2ncccc2C)C[C@@H]1CC(N)=O. The van der Waals surface area contributed by atoms with Crippen LogP contribution in [0.3, 0.4) is 0 Å². The average molecular weight is 263 g/mol. The zero-order valence-corrected chi connectivity index (χ0v) is 11.5. The van der Waals surface area contributed by atoms with E-state index >= 15 is 0 Å². The molecule has 2 heterocycles. The van der Waals surface area contributed by atoms with Crippen LogP contribution in [0.2, 0.25) is 0 Å². The van der Waals surface area contributed by atoms with Crippen molar-refractivity contribution in [3.05, 3.63) is 29.6 Å². The van der Waals surface area contributed by atoms with Gasteiger partial charge in [0.2, 0.25) is 5.91 Å². The minimum absolute atomic E-state index is 0.0801. The number of hydrogen-bond donors (Lipinski definition) is 1. The molecule has 0 saturated carbocycles. The number of aromatic nitrogens is 1. The summed E-state index contributed by atoms with van der Waals surface area (Å²) in [5, 5.41) is 0. The lowest BCUT2D eigenvalue weighted by Gasteiger charge is -2.15. The Balaban J connectivity index is 2.00. The first-order valence-electron chi connectivity index (χ1n) is 6.54. The number of primary amides is 1. The van der Waals surface area contributed by atoms with Crippen LogP contribution in [0.5, 0.6) is 0 Å². The molecular formula is C14H21N3O2. The first-order chi connectivity index (χ1) is 9.10. The van der Waals surface area contributed by atoms with E-state index in [4.69, 9.17) is 10.5 Å². The Hall–Kier alpha value is -1.46. The topological polar surface area (TPSA) is 68.4 Å². The number of carbonyl (C=O) groups is 1. The summed E-state index contributed by atoms with van der Waals surface area (Å²) in [5.74, 6) is -0.0746. The summed E-state index contributed by atoms with van der Waals surface area (Å²) >= 11 is 0. The molecule has 0 radical (unpaired) electrons. The number of carbonyl (C=O) groups excluding carboxylic acids is 1. The summed E-state index contributed by atoms with van der Waals surface area (Å²) in [5.41, 5.74) is 7.56. The van der Waals surface area contributed by atoms with Crippen molar-refractivity contribution in [1.82, 2.24) is 9.88 Å². The van der Waals surface area contributed by atoms with E-state index < -0.39 is 0 Å². The number of nitrogens with zero attached hydrogens (tertiary/aromatic N) is 2. The fraction of sp³-hybridized carbons (Fsp3) is 0.571. The van der Waals surface area contributed by atoms with Gasteiger partial charge in [-0.15, -0.1) is 0 Å². The van der Waals surface area contributed by atoms with Crippen LogP contribution in [0.4, 0.5) is 0 Å². The van der Waals surface area contributed by atoms with E-state index in [0.717, 1.165) is 25.3 Å². The maximum atomic E-state index is 11.1. The number of amides is 1. The predicted molar refractivity (Wildman–Crippen MR) is 72.3 cm³/mol. The van der Waals surface area contributed by atoms with Crippen molar-refractivity contribution in [2.45, 2.75) is 26.0 Å². The quantitative estimate of drug-likeness (QED) is 0.849. The van der Waals surface area contributed by atoms with Crippen LogP contribution in [0, 0.1) is 12.8 Å². The molecule has 0 aromatic carbocycles. The Kier molecular flexibility index (Phi) is 4.50. The Morgan fingerprint density at radius 1 is 1.58 bits per heavy atom. The molecule has 1 aromatic heterocycles. The summed E-state index contributed by atoms with van der Waals surface area (Å²) in [7, 11) is 1.69. The maximum Gasteiger partial charge on any atom is 0.217 e. The van der Waals surface area contributed by atoms with E-state index in [2.05, 4.69) is 22.9 Å². The van der Waals surface area contributed by atoms with E-state index in [1.54, 1.807) is 7.11 Å². The molecule has 19 heavy (non-hydrogen) atoms. The van der Waals surface area contributed by atoms with Gasteiger partial charge in [0.1, 0.15) is 0 Å². The van der Waals surface area contributed by atoms with Gasteiger partial charge in [0.15, 0.2) is 0 Å². The van der Waals surface area contributed by atoms with Crippen molar-refractivity contribution in [3.63, 3.8) is 0 Å². The maximum absolute atomic E-state index is 11.1. The molecule has 1 aliphatic heterocycles. The molecule has 104 valence electrons. The van der Waals surface area contributed by atoms with Crippen molar-refractivity contribution in [2.75, 3.05) is 20.2 Å². The zero-order chi connectivity index (χ0) is 13.8. The first kappa shape index (κ1) is 14.0. The number of likely N-dealkylation sites (tertiary alicyclic amines) is 1. The van der Waals surface area contributed by atoms with Crippen molar-refractivity contribution >= 4 is 5.91 Å². The largest absolute Gasteiger partial charge is 0.380 e. The van der Waals surface area contributed by atoms with E-state index in [1.165, 1.54) is 5.56 Å². The molecule has 0 unspecified atom stereocenters. The van der Waals surface area contributed by atoms with E-state index in [-0.39, 0.29) is 17.9 Å². The molecule has 5 nitrogen and oxygen atoms in total. The third-order valence-electron chi connectivity index (χ3n) is 3.71. The number of methoxy groups -OCH3 is 1. The van der Waals surface area contributed by atoms with E-state index in [0.29, 0.717) is 6.42 Å². The van der Waals surface area contributed by atoms with Crippen LogP contribution >= 0.6 is 0 Å². The number of nitrogens with two attached hydrogens (primary N) is 1. The zero-order valence-electron chi connectivity index (χ0n) is 11.5. The standard InChI is InChI=1S/C14H21N3O2/c1-10-4-3-5-16-12(10)8-17-7-11(6-14(15)18)13(9-17)19-2/h3-5,11,13H,6-9H2,1-2H3,(H2,15,18)/t11-,13-/m0/s1. The van der Waals surface area contributed by atoms with Crippen LogP contribution in [-0.2, 0) is 16.1 Å². The Morgan fingerprint density at radius 2 is 2.37 bits per heavy atom. The van der Waals surface area contributed by atoms with E-state index in [1.807, 2.05) is 12.3 Å². The van der Waals surface area contributed by atoms with Gasteiger partial charge in [0.25, 0.3) is 0 Å². The molecule has 1 fully saturated rings. The molecule has 5 heteroatoms. The fourth-order valence-corrected chi connectivity index (χ4v) is 2.67. The molecule has 1 amide bonds. The number of pyridine rings is 1. The highest BCUT2D eigenvalue weighted by Gasteiger charge is 2.33. The summed E-state index contributed by atoms with van der Waals surface area (Å²) in [4.78, 5) is 17.8. The summed E-state index contributed by atoms with van der Waals surface area (Å²) in [6.07, 6.45) is 2.28. The van der Waals surface area contributed by atoms with Gasteiger partial charge in [-0.2, -0.15) is 0 Å². The van der Waals surface area contributed by atoms with Crippen molar-refractivity contribution < 1.29 is 9.53 Å². The highest BCUT2D eigenvalue weighted by atomic mass is 16.5. The normalized spacial score (nSPS) is 23.7. The van der Waals surface area contributed by atoms with E-state index in [9.17, 15) is 4.79 Å². The third kappa shape index (κ3) is 3.52. The summed E-state index contributed by atoms with van der Waals surface area (Å²) in [6, 6.07) is 4.00. The molecule has 2 atom stereocenters. The highest BCUT2D eigenvalue weighted by Crippen LogP contribution is 2.24. The van der Waals surface area contributed by atoms with Crippen LogP contribution in [0.25, 0.3) is 0 Å². The lowest BCUT2D eigenvalue weighted by atomic mass is 10.0. The molecule has 1 saturated heterocycles. The number of hydrogen-bond acceptors (Lipinski definition) is 4. The first-order valence-corrected chi connectivity index (χ1v) is 6.54. The highest BCUT2D eigenvalue weighted by molar-refractivity contribution is 5.74. The van der Waals surface area contributed by atoms with Crippen LogP contribution in [0.1, 0.15) is 17.7 Å². The fourth-order valence-electron chi connectivity index (χ4n) is 2.67. The van der Waals surface area contributed by atoms with Gasteiger partial charge >= 0.3 is 0 Å². The molecular weight excluding hydrogens is 242 g/mol. The van der Waals surface area contributed by atoms with Gasteiger partial charge in [-0.05, 0) is 18.6 Å². The monoisotopic (exact) mass is 263 g/mol. The Bertz CT molecular complexity index is 450. The third-order valence-corrected chi connectivity index (χ3v) is 3.71. The molecule has 2 rings (SSSR count). The molecule has 2 N–H and O–H groups in total. The van der Waals surface area contributed by atoms with Gasteiger partial charge in [-0.1, -0.05) is 6.07 Å². The molecule has 1 aromatic rings. The minimum Gasteiger partial charge on any atom is -0.380 e. The predicted octanol–water partition coefficient (Wildman–Crippen LogP) is 0.712. The lowest BCUT2D eigenvalue weighted by Crippen LogP contribution is -2.26. The van der Waals surface area contributed by atoms with Gasteiger partial charge < -0.3 is 10.5 Å². The van der Waals surface area contributed by atoms with Crippen molar-refractivity contribution in [3.8, 4) is 0 Å². The van der Waals surface area contributed by atoms with Crippen LogP contribution < -0.4 is 5.73 Å². The molecule has 0 spiro atoms. The van der Waals surface area contributed by atoms with Crippen LogP contribution in [-0.4, -0.2) is 42.1 Å². The average Bonchev–Trinajstić information content (AvgIpc) is 2.73. The molecule has 0 aliphatic carbocycles. The number of ether oxygens (including phenoxy) is 1. The second kappa shape index (κ2) is 6.12. The summed E-state index contributed by atoms with van der Waals surface area (Å²) in [6.45, 7) is 4.51. The van der Waals surface area contributed by atoms with Gasteiger partial charge in [0, 0.05) is 45.3 Å². The lowest BCUT2D eigenvalue weighted by molar-refractivity contribution is -0.119. The minimum atomic E-state index is -0.261. The van der Waals surface area contributed by atoms with Gasteiger partial charge in [0.05, 0.1) is 11.8 Å². The smallest absolute Gasteiger partial charge is 0.217 e. The van der Waals surface area contributed by atoms with Gasteiger partial charge in [-0.25, -0.2) is 0 Å². The number of rotatable bonds is 5. The van der Waals surface area contributed by atoms with Crippen molar-refractivity contribution in [2.24, 2.45) is 11.7 Å². The second-order valence-corrected chi connectivity index (χ2v) is 5.17. The Labute approximate surface area is 113 Å². The second-order valence-electron chi connectivity index (χ2n) is 5.17. The number of aryl methyl sites for hydroxylation is 1. The Morgan fingerprint density at radius 3 is 3.00 bits per heavy atom. The van der Waals surface area contributed by atoms with Crippen LogP contribution in [0.15, 0.2) is 18.3 Å². The van der Waals surface area contributed by atoms with Crippen molar-refractivity contribution in [1.29, 1.82) is 0 Å². The van der Waals surface area contributed by atoms with Gasteiger partial charge in [-0.3, -0.25) is 14.7 Å². The molecule has 0 bridgehead atoms. The molecule has 1 aliphatic rings. The summed E-state index contributed by atoms with van der Waals surface area (Å²) < 4.78 is 5.45.